The number of aryl methyl sites for hydroxylation is 1. The zero-order valence-electron chi connectivity index (χ0n) is 33.1. The van der Waals surface area contributed by atoms with Gasteiger partial charge < -0.3 is 9.13 Å². The van der Waals surface area contributed by atoms with Gasteiger partial charge in [0.15, 0.2) is 0 Å². The van der Waals surface area contributed by atoms with Gasteiger partial charge in [-0.2, -0.15) is 0 Å². The van der Waals surface area contributed by atoms with Gasteiger partial charge in [0, 0.05) is 33.2 Å². The molecule has 11 aromatic rings. The van der Waals surface area contributed by atoms with Gasteiger partial charge in [0.1, 0.15) is 0 Å². The number of benzene rings is 9. The smallest absolute Gasteiger partial charge is 0.0541 e. The van der Waals surface area contributed by atoms with E-state index >= 15 is 0 Å². The van der Waals surface area contributed by atoms with Crippen LogP contribution in [0.1, 0.15) is 17.7 Å². The van der Waals surface area contributed by atoms with Crippen molar-refractivity contribution in [3.63, 3.8) is 0 Å². The highest BCUT2D eigenvalue weighted by atomic mass is 15.0. The van der Waals surface area contributed by atoms with E-state index in [1.54, 1.807) is 0 Å². The number of aromatic nitrogens is 2. The first-order valence-electron chi connectivity index (χ1n) is 21.0. The minimum Gasteiger partial charge on any atom is -0.310 e. The second-order valence-electron chi connectivity index (χ2n) is 16.0. The molecule has 9 aromatic carbocycles. The summed E-state index contributed by atoms with van der Waals surface area (Å²) >= 11 is 0. The Hall–Kier alpha value is -7.68. The summed E-state index contributed by atoms with van der Waals surface area (Å²) in [5, 5.41) is 6.38. The third kappa shape index (κ3) is 5.56. The van der Waals surface area contributed by atoms with Crippen LogP contribution in [-0.2, 0) is 6.42 Å². The lowest BCUT2D eigenvalue weighted by Gasteiger charge is -2.14. The van der Waals surface area contributed by atoms with E-state index in [-0.39, 0.29) is 0 Å². The molecule has 0 fully saturated rings. The first-order chi connectivity index (χ1) is 29.8. The number of allylic oxidation sites excluding steroid dienone is 1. The highest BCUT2D eigenvalue weighted by Crippen LogP contribution is 2.40. The van der Waals surface area contributed by atoms with Crippen molar-refractivity contribution < 1.29 is 0 Å². The lowest BCUT2D eigenvalue weighted by Crippen LogP contribution is -2.00. The Labute approximate surface area is 349 Å². The summed E-state index contributed by atoms with van der Waals surface area (Å²) in [5.41, 5.74) is 18.6. The van der Waals surface area contributed by atoms with Gasteiger partial charge in [-0.05, 0) is 134 Å². The Morgan fingerprint density at radius 3 is 1.42 bits per heavy atom. The van der Waals surface area contributed by atoms with Gasteiger partial charge in [-0.1, -0.05) is 158 Å². The highest BCUT2D eigenvalue weighted by molar-refractivity contribution is 6.11. The molecule has 2 nitrogen and oxygen atoms in total. The van der Waals surface area contributed by atoms with E-state index in [9.17, 15) is 0 Å². The lowest BCUT2D eigenvalue weighted by molar-refractivity contribution is 0.967. The van der Waals surface area contributed by atoms with Gasteiger partial charge >= 0.3 is 0 Å². The van der Waals surface area contributed by atoms with E-state index in [2.05, 4.69) is 228 Å². The van der Waals surface area contributed by atoms with Gasteiger partial charge in [0.05, 0.1) is 16.6 Å². The van der Waals surface area contributed by atoms with Crippen LogP contribution in [0, 0.1) is 0 Å². The average molecular weight is 765 g/mol. The summed E-state index contributed by atoms with van der Waals surface area (Å²) < 4.78 is 4.85. The molecule has 0 atom stereocenters. The molecule has 1 aliphatic carbocycles. The monoisotopic (exact) mass is 764 g/mol. The molecule has 0 radical (unpaired) electrons. The van der Waals surface area contributed by atoms with Crippen LogP contribution in [0.2, 0.25) is 0 Å². The topological polar surface area (TPSA) is 9.86 Å². The van der Waals surface area contributed by atoms with Crippen LogP contribution in [0.4, 0.5) is 0 Å². The van der Waals surface area contributed by atoms with Crippen molar-refractivity contribution in [2.45, 2.75) is 12.8 Å². The molecule has 0 spiro atoms. The number of nitrogens with zero attached hydrogens (tertiary/aromatic N) is 2. The average Bonchev–Trinajstić information content (AvgIpc) is 3.84. The quantitative estimate of drug-likeness (QED) is 0.160. The molecule has 0 amide bonds. The van der Waals surface area contributed by atoms with E-state index in [1.165, 1.54) is 105 Å². The van der Waals surface area contributed by atoms with E-state index in [1.807, 2.05) is 0 Å². The van der Waals surface area contributed by atoms with Crippen molar-refractivity contribution in [2.24, 2.45) is 0 Å². The van der Waals surface area contributed by atoms with E-state index in [0.29, 0.717) is 0 Å². The third-order valence-corrected chi connectivity index (χ3v) is 12.6. The Bertz CT molecular complexity index is 3440. The molecule has 0 saturated carbocycles. The fraction of sp³-hybridized carbons (Fsp3) is 0.0345. The van der Waals surface area contributed by atoms with Gasteiger partial charge in [0.2, 0.25) is 0 Å². The maximum atomic E-state index is 2.45. The van der Waals surface area contributed by atoms with Crippen molar-refractivity contribution in [2.75, 3.05) is 0 Å². The molecular weight excluding hydrogens is 725 g/mol. The van der Waals surface area contributed by atoms with Crippen molar-refractivity contribution >= 4 is 49.6 Å². The summed E-state index contributed by atoms with van der Waals surface area (Å²) in [6.07, 6.45) is 6.77. The predicted molar refractivity (Wildman–Crippen MR) is 254 cm³/mol. The van der Waals surface area contributed by atoms with Crippen molar-refractivity contribution in [3.05, 3.63) is 224 Å². The minimum absolute atomic E-state index is 1.06. The largest absolute Gasteiger partial charge is 0.310 e. The van der Waals surface area contributed by atoms with Crippen LogP contribution in [0.25, 0.3) is 105 Å². The van der Waals surface area contributed by atoms with Crippen LogP contribution in [0.15, 0.2) is 212 Å². The van der Waals surface area contributed by atoms with Gasteiger partial charge in [-0.15, -0.1) is 0 Å². The third-order valence-electron chi connectivity index (χ3n) is 12.6. The molecule has 1 aliphatic rings. The Morgan fingerprint density at radius 2 is 0.800 bits per heavy atom. The Balaban J connectivity index is 0.896. The lowest BCUT2D eigenvalue weighted by atomic mass is 9.93. The second-order valence-corrected chi connectivity index (χ2v) is 16.0. The van der Waals surface area contributed by atoms with E-state index < -0.39 is 0 Å². The Kier molecular flexibility index (Phi) is 8.02. The molecular formula is C58H40N2. The number of rotatable bonds is 6. The molecule has 2 aromatic heterocycles. The van der Waals surface area contributed by atoms with Gasteiger partial charge in [-0.25, -0.2) is 0 Å². The molecule has 60 heavy (non-hydrogen) atoms. The van der Waals surface area contributed by atoms with Gasteiger partial charge in [0.25, 0.3) is 0 Å². The fourth-order valence-electron chi connectivity index (χ4n) is 9.78. The Morgan fingerprint density at radius 1 is 0.317 bits per heavy atom. The van der Waals surface area contributed by atoms with Crippen molar-refractivity contribution in [3.8, 4) is 55.9 Å². The zero-order chi connectivity index (χ0) is 39.6. The molecule has 12 rings (SSSR count). The summed E-state index contributed by atoms with van der Waals surface area (Å²) in [6.45, 7) is 0. The number of hydrogen-bond donors (Lipinski definition) is 0. The number of hydrogen-bond acceptors (Lipinski definition) is 0. The summed E-state index contributed by atoms with van der Waals surface area (Å²) in [4.78, 5) is 0. The van der Waals surface area contributed by atoms with Crippen LogP contribution in [0.5, 0.6) is 0 Å². The van der Waals surface area contributed by atoms with Crippen LogP contribution >= 0.6 is 0 Å². The summed E-state index contributed by atoms with van der Waals surface area (Å²) in [6, 6.07) is 75.7. The van der Waals surface area contributed by atoms with Crippen LogP contribution < -0.4 is 0 Å². The van der Waals surface area contributed by atoms with Gasteiger partial charge in [-0.3, -0.25) is 0 Å². The number of fused-ring (bicyclic) bond motifs is 7. The molecule has 2 heteroatoms. The molecule has 0 unspecified atom stereocenters. The van der Waals surface area contributed by atoms with Crippen LogP contribution in [-0.4, -0.2) is 9.13 Å². The van der Waals surface area contributed by atoms with Crippen molar-refractivity contribution in [1.29, 1.82) is 0 Å². The summed E-state index contributed by atoms with van der Waals surface area (Å²) in [5.74, 6) is 0. The highest BCUT2D eigenvalue weighted by Gasteiger charge is 2.20. The molecule has 0 bridgehead atoms. The minimum atomic E-state index is 1.06. The van der Waals surface area contributed by atoms with E-state index in [4.69, 9.17) is 0 Å². The standard InChI is InChI=1S/C58H40N2/c1-3-13-39(14-4-1)43-29-35-57-53(37-43)51-17-7-9-23-55(51)59(57)45-31-25-41(26-32-45)47-19-11-22-50-48(20-12-21-49(47)50)42-27-33-46(34-28-42)60-56-24-10-8-18-52(56)54-38-44(30-36-58(54)60)40-15-5-2-6-16-40/h1-7,9-17,19-38H,8,18H2. The SMILES string of the molecule is C1=Cc2c(c3cc(-c4ccccc4)ccc3n2-c2ccc(-c3cccc4c(-c5ccc(-n6c7ccccc7c7cc(-c8ccccc8)ccc76)cc5)cccc34)cc2)CC1. The van der Waals surface area contributed by atoms with Crippen molar-refractivity contribution in [1.82, 2.24) is 9.13 Å². The first kappa shape index (κ1) is 34.4. The first-order valence-corrected chi connectivity index (χ1v) is 21.0. The van der Waals surface area contributed by atoms with E-state index in [0.717, 1.165) is 18.5 Å². The maximum absolute atomic E-state index is 2.45. The molecule has 0 aliphatic heterocycles. The molecule has 0 N–H and O–H groups in total. The summed E-state index contributed by atoms with van der Waals surface area (Å²) in [7, 11) is 0. The fourth-order valence-corrected chi connectivity index (χ4v) is 9.78. The van der Waals surface area contributed by atoms with Crippen LogP contribution in [0.3, 0.4) is 0 Å². The zero-order valence-corrected chi connectivity index (χ0v) is 33.1. The predicted octanol–water partition coefficient (Wildman–Crippen LogP) is 15.5. The second kappa shape index (κ2) is 14.0. The molecule has 2 heterocycles. The normalized spacial score (nSPS) is 12.5. The maximum Gasteiger partial charge on any atom is 0.0541 e. The molecule has 282 valence electrons. The number of para-hydroxylation sites is 1. The molecule has 0 saturated heterocycles.